The number of aliphatic hydroxyl groups is 1. The third-order valence-electron chi connectivity index (χ3n) is 2.39. The van der Waals surface area contributed by atoms with Gasteiger partial charge in [-0.25, -0.2) is 0 Å². The SMILES string of the molecule is CC1CC(O)(Oc2ccccc2)C1. The minimum Gasteiger partial charge on any atom is -0.463 e. The number of rotatable bonds is 2. The van der Waals surface area contributed by atoms with E-state index in [1.54, 1.807) is 0 Å². The molecule has 0 aromatic heterocycles. The number of benzene rings is 1. The molecule has 0 radical (unpaired) electrons. The van der Waals surface area contributed by atoms with E-state index in [1.807, 2.05) is 30.3 Å². The van der Waals surface area contributed by atoms with Gasteiger partial charge < -0.3 is 9.84 Å². The van der Waals surface area contributed by atoms with Gasteiger partial charge in [-0.2, -0.15) is 0 Å². The summed E-state index contributed by atoms with van der Waals surface area (Å²) in [6, 6.07) is 9.46. The van der Waals surface area contributed by atoms with Crippen LogP contribution in [0, 0.1) is 5.92 Å². The fraction of sp³-hybridized carbons (Fsp3) is 0.455. The second-order valence-electron chi connectivity index (χ2n) is 3.87. The molecule has 2 rings (SSSR count). The summed E-state index contributed by atoms with van der Waals surface area (Å²) in [6.45, 7) is 2.11. The van der Waals surface area contributed by atoms with Crippen molar-refractivity contribution in [2.24, 2.45) is 5.92 Å². The Labute approximate surface area is 78.2 Å². The van der Waals surface area contributed by atoms with Gasteiger partial charge in [0.1, 0.15) is 5.75 Å². The van der Waals surface area contributed by atoms with E-state index in [-0.39, 0.29) is 0 Å². The Morgan fingerprint density at radius 2 is 1.92 bits per heavy atom. The summed E-state index contributed by atoms with van der Waals surface area (Å²) in [5.41, 5.74) is 0. The van der Waals surface area contributed by atoms with Gasteiger partial charge in [-0.1, -0.05) is 25.1 Å². The third-order valence-corrected chi connectivity index (χ3v) is 2.39. The number of ether oxygens (including phenoxy) is 1. The topological polar surface area (TPSA) is 29.5 Å². The summed E-state index contributed by atoms with van der Waals surface area (Å²) >= 11 is 0. The number of hydrogen-bond donors (Lipinski definition) is 1. The van der Waals surface area contributed by atoms with Crippen molar-refractivity contribution in [3.8, 4) is 5.75 Å². The fourth-order valence-corrected chi connectivity index (χ4v) is 1.82. The molecule has 2 heteroatoms. The zero-order valence-corrected chi connectivity index (χ0v) is 7.73. The number of para-hydroxylation sites is 1. The van der Waals surface area contributed by atoms with Crippen LogP contribution in [0.25, 0.3) is 0 Å². The highest BCUT2D eigenvalue weighted by Gasteiger charge is 2.42. The van der Waals surface area contributed by atoms with Crippen LogP contribution >= 0.6 is 0 Å². The van der Waals surface area contributed by atoms with Crippen LogP contribution in [0.1, 0.15) is 19.8 Å². The Morgan fingerprint density at radius 1 is 1.31 bits per heavy atom. The number of hydrogen-bond acceptors (Lipinski definition) is 2. The Kier molecular flexibility index (Phi) is 2.00. The Bertz CT molecular complexity index is 275. The molecule has 0 amide bonds. The first-order chi connectivity index (χ1) is 6.18. The highest BCUT2D eigenvalue weighted by atomic mass is 16.6. The largest absolute Gasteiger partial charge is 0.463 e. The molecule has 1 aromatic rings. The van der Waals surface area contributed by atoms with Crippen LogP contribution in [-0.2, 0) is 0 Å². The Balaban J connectivity index is 1.99. The van der Waals surface area contributed by atoms with Crippen molar-refractivity contribution in [3.05, 3.63) is 30.3 Å². The summed E-state index contributed by atoms with van der Waals surface area (Å²) in [6.07, 6.45) is 1.48. The molecule has 0 unspecified atom stereocenters. The molecule has 0 heterocycles. The van der Waals surface area contributed by atoms with Crippen LogP contribution in [0.15, 0.2) is 30.3 Å². The molecular formula is C11H14O2. The molecule has 0 aliphatic heterocycles. The molecule has 1 aliphatic rings. The zero-order valence-electron chi connectivity index (χ0n) is 7.73. The van der Waals surface area contributed by atoms with Crippen LogP contribution in [0.4, 0.5) is 0 Å². The quantitative estimate of drug-likeness (QED) is 0.703. The Morgan fingerprint density at radius 3 is 2.46 bits per heavy atom. The molecule has 1 N–H and O–H groups in total. The smallest absolute Gasteiger partial charge is 0.208 e. The molecular weight excluding hydrogens is 164 g/mol. The molecule has 0 spiro atoms. The Hall–Kier alpha value is -1.02. The second-order valence-corrected chi connectivity index (χ2v) is 3.87. The second kappa shape index (κ2) is 3.04. The molecule has 1 saturated carbocycles. The molecule has 2 nitrogen and oxygen atoms in total. The van der Waals surface area contributed by atoms with Crippen LogP contribution in [0.2, 0.25) is 0 Å². The minimum absolute atomic E-state index is 0.578. The molecule has 0 atom stereocenters. The minimum atomic E-state index is -0.902. The van der Waals surface area contributed by atoms with Gasteiger partial charge in [-0.3, -0.25) is 0 Å². The first-order valence-corrected chi connectivity index (χ1v) is 4.64. The van der Waals surface area contributed by atoms with Gasteiger partial charge in [0.25, 0.3) is 0 Å². The highest BCUT2D eigenvalue weighted by molar-refractivity contribution is 5.22. The zero-order chi connectivity index (χ0) is 9.31. The fourth-order valence-electron chi connectivity index (χ4n) is 1.82. The lowest BCUT2D eigenvalue weighted by Gasteiger charge is -2.41. The molecule has 70 valence electrons. The summed E-state index contributed by atoms with van der Waals surface area (Å²) < 4.78 is 5.46. The van der Waals surface area contributed by atoms with Crippen LogP contribution in [-0.4, -0.2) is 10.9 Å². The van der Waals surface area contributed by atoms with Crippen molar-refractivity contribution in [2.75, 3.05) is 0 Å². The lowest BCUT2D eigenvalue weighted by Crippen LogP contribution is -2.47. The molecule has 0 bridgehead atoms. The summed E-state index contributed by atoms with van der Waals surface area (Å²) in [5.74, 6) is 0.423. The van der Waals surface area contributed by atoms with E-state index in [2.05, 4.69) is 6.92 Å². The third kappa shape index (κ3) is 1.83. The van der Waals surface area contributed by atoms with Crippen molar-refractivity contribution in [2.45, 2.75) is 25.6 Å². The maximum absolute atomic E-state index is 9.81. The predicted molar refractivity (Wildman–Crippen MR) is 50.4 cm³/mol. The van der Waals surface area contributed by atoms with Crippen LogP contribution in [0.3, 0.4) is 0 Å². The van der Waals surface area contributed by atoms with Crippen molar-refractivity contribution >= 4 is 0 Å². The van der Waals surface area contributed by atoms with Crippen LogP contribution < -0.4 is 4.74 Å². The van der Waals surface area contributed by atoms with Gasteiger partial charge in [0, 0.05) is 12.8 Å². The normalized spacial score (nSPS) is 32.3. The first-order valence-electron chi connectivity index (χ1n) is 4.64. The van der Waals surface area contributed by atoms with Crippen molar-refractivity contribution in [3.63, 3.8) is 0 Å². The summed E-state index contributed by atoms with van der Waals surface area (Å²) in [5, 5.41) is 9.81. The van der Waals surface area contributed by atoms with E-state index in [1.165, 1.54) is 0 Å². The van der Waals surface area contributed by atoms with Gasteiger partial charge >= 0.3 is 0 Å². The van der Waals surface area contributed by atoms with Gasteiger partial charge in [0.2, 0.25) is 5.79 Å². The van der Waals surface area contributed by atoms with E-state index >= 15 is 0 Å². The van der Waals surface area contributed by atoms with E-state index in [4.69, 9.17) is 4.74 Å². The maximum Gasteiger partial charge on any atom is 0.208 e. The van der Waals surface area contributed by atoms with Crippen molar-refractivity contribution in [1.82, 2.24) is 0 Å². The van der Waals surface area contributed by atoms with Gasteiger partial charge in [-0.05, 0) is 18.1 Å². The van der Waals surface area contributed by atoms with Gasteiger partial charge in [0.05, 0.1) is 0 Å². The summed E-state index contributed by atoms with van der Waals surface area (Å²) in [7, 11) is 0. The maximum atomic E-state index is 9.81. The van der Waals surface area contributed by atoms with Gasteiger partial charge in [-0.15, -0.1) is 0 Å². The lowest BCUT2D eigenvalue weighted by molar-refractivity contribution is -0.211. The van der Waals surface area contributed by atoms with Crippen LogP contribution in [0.5, 0.6) is 5.75 Å². The van der Waals surface area contributed by atoms with Crippen molar-refractivity contribution in [1.29, 1.82) is 0 Å². The standard InChI is InChI=1S/C11H14O2/c1-9-7-11(12,8-9)13-10-5-3-2-4-6-10/h2-6,9,12H,7-8H2,1H3. The monoisotopic (exact) mass is 178 g/mol. The summed E-state index contributed by atoms with van der Waals surface area (Å²) in [4.78, 5) is 0. The first kappa shape index (κ1) is 8.57. The highest BCUT2D eigenvalue weighted by Crippen LogP contribution is 2.38. The molecule has 1 aliphatic carbocycles. The average Bonchev–Trinajstić information content (AvgIpc) is 2.03. The molecule has 1 aromatic carbocycles. The van der Waals surface area contributed by atoms with Gasteiger partial charge in [0.15, 0.2) is 0 Å². The van der Waals surface area contributed by atoms with E-state index in [9.17, 15) is 5.11 Å². The van der Waals surface area contributed by atoms with E-state index in [0.717, 1.165) is 18.6 Å². The average molecular weight is 178 g/mol. The van der Waals surface area contributed by atoms with Crippen molar-refractivity contribution < 1.29 is 9.84 Å². The van der Waals surface area contributed by atoms with E-state index < -0.39 is 5.79 Å². The lowest BCUT2D eigenvalue weighted by atomic mass is 9.80. The predicted octanol–water partition coefficient (Wildman–Crippen LogP) is 2.18. The molecule has 13 heavy (non-hydrogen) atoms. The molecule has 0 saturated heterocycles. The van der Waals surface area contributed by atoms with E-state index in [0.29, 0.717) is 5.92 Å². The molecule has 1 fully saturated rings.